The first-order chi connectivity index (χ1) is 14.6. The van der Waals surface area contributed by atoms with Crippen LogP contribution in [0.1, 0.15) is 68.3 Å². The number of hydrogen-bond acceptors (Lipinski definition) is 4. The number of hydrogen-bond donors (Lipinski definition) is 1. The van der Waals surface area contributed by atoms with Gasteiger partial charge in [0.2, 0.25) is 15.9 Å². The van der Waals surface area contributed by atoms with Gasteiger partial charge >= 0.3 is 0 Å². The number of benzene rings is 2. The van der Waals surface area contributed by atoms with Gasteiger partial charge in [0, 0.05) is 24.7 Å². The van der Waals surface area contributed by atoms with Gasteiger partial charge in [-0.05, 0) is 78.8 Å². The summed E-state index contributed by atoms with van der Waals surface area (Å²) in [5.74, 6) is 1.12. The zero-order valence-corrected chi connectivity index (χ0v) is 20.0. The lowest BCUT2D eigenvalue weighted by molar-refractivity contribution is -0.118. The molecule has 2 aromatic rings. The van der Waals surface area contributed by atoms with E-state index in [1.54, 1.807) is 30.2 Å². The Kier molecular flexibility index (Phi) is 6.76. The minimum atomic E-state index is -3.72. The lowest BCUT2D eigenvalue weighted by Gasteiger charge is -2.21. The summed E-state index contributed by atoms with van der Waals surface area (Å²) in [6, 6.07) is 8.60. The molecular formula is C24H32N2O4S. The van der Waals surface area contributed by atoms with Gasteiger partial charge in [0.1, 0.15) is 5.75 Å². The summed E-state index contributed by atoms with van der Waals surface area (Å²) in [6.07, 6.45) is 1.09. The largest absolute Gasteiger partial charge is 0.496 e. The van der Waals surface area contributed by atoms with Crippen molar-refractivity contribution >= 4 is 21.6 Å². The summed E-state index contributed by atoms with van der Waals surface area (Å²) in [4.78, 5) is 14.1. The molecule has 0 aliphatic carbocycles. The fraction of sp³-hybridized carbons (Fsp3) is 0.458. The van der Waals surface area contributed by atoms with Crippen LogP contribution < -0.4 is 14.4 Å². The molecule has 2 aromatic carbocycles. The lowest BCUT2D eigenvalue weighted by atomic mass is 9.94. The van der Waals surface area contributed by atoms with Crippen molar-refractivity contribution in [3.05, 3.63) is 52.6 Å². The average molecular weight is 445 g/mol. The van der Waals surface area contributed by atoms with Crippen LogP contribution in [-0.4, -0.2) is 28.0 Å². The molecule has 0 spiro atoms. The van der Waals surface area contributed by atoms with Gasteiger partial charge in [-0.2, -0.15) is 0 Å². The van der Waals surface area contributed by atoms with Crippen LogP contribution in [0, 0.1) is 6.92 Å². The summed E-state index contributed by atoms with van der Waals surface area (Å²) in [5, 5.41) is 0. The van der Waals surface area contributed by atoms with Crippen molar-refractivity contribution < 1.29 is 17.9 Å². The van der Waals surface area contributed by atoms with Crippen LogP contribution in [0.3, 0.4) is 0 Å². The number of nitrogens with zero attached hydrogens (tertiary/aromatic N) is 1. The first kappa shape index (κ1) is 23.3. The van der Waals surface area contributed by atoms with E-state index >= 15 is 0 Å². The van der Waals surface area contributed by atoms with Gasteiger partial charge in [-0.3, -0.25) is 4.79 Å². The fourth-order valence-corrected chi connectivity index (χ4v) is 5.44. The summed E-state index contributed by atoms with van der Waals surface area (Å²) in [6.45, 7) is 10.4. The Hall–Kier alpha value is -2.38. The van der Waals surface area contributed by atoms with E-state index in [4.69, 9.17) is 4.74 Å². The predicted molar refractivity (Wildman–Crippen MR) is 123 cm³/mol. The monoisotopic (exact) mass is 444 g/mol. The first-order valence-electron chi connectivity index (χ1n) is 10.7. The summed E-state index contributed by atoms with van der Waals surface area (Å²) < 4.78 is 34.6. The maximum Gasteiger partial charge on any atom is 0.241 e. The lowest BCUT2D eigenvalue weighted by Crippen LogP contribution is -2.28. The number of methoxy groups -OCH3 is 1. The van der Waals surface area contributed by atoms with Gasteiger partial charge in [0.15, 0.2) is 0 Å². The maximum absolute atomic E-state index is 13.1. The normalized spacial score (nSPS) is 14.6. The highest BCUT2D eigenvalue weighted by atomic mass is 32.2. The van der Waals surface area contributed by atoms with Crippen molar-refractivity contribution in [2.45, 2.75) is 64.3 Å². The minimum Gasteiger partial charge on any atom is -0.496 e. The zero-order chi connectivity index (χ0) is 22.9. The van der Waals surface area contributed by atoms with Crippen molar-refractivity contribution in [1.29, 1.82) is 0 Å². The number of sulfonamides is 1. The highest BCUT2D eigenvalue weighted by Gasteiger charge is 2.27. The van der Waals surface area contributed by atoms with E-state index < -0.39 is 16.1 Å². The predicted octanol–water partition coefficient (Wildman–Crippen LogP) is 4.47. The van der Waals surface area contributed by atoms with E-state index in [2.05, 4.69) is 18.6 Å². The van der Waals surface area contributed by atoms with Crippen LogP contribution in [0.4, 0.5) is 5.69 Å². The number of ether oxygens (including phenoxy) is 1. The number of carbonyl (C=O) groups excluding carboxylic acids is 1. The molecule has 1 atom stereocenters. The van der Waals surface area contributed by atoms with E-state index in [0.29, 0.717) is 19.4 Å². The highest BCUT2D eigenvalue weighted by Crippen LogP contribution is 2.34. The second kappa shape index (κ2) is 9.01. The Bertz CT molecular complexity index is 1090. The Labute approximate surface area is 185 Å². The number of aryl methyl sites for hydroxylation is 1. The molecule has 7 heteroatoms. The molecule has 0 aromatic heterocycles. The van der Waals surface area contributed by atoms with Gasteiger partial charge in [-0.15, -0.1) is 0 Å². The van der Waals surface area contributed by atoms with Crippen LogP contribution in [-0.2, 0) is 21.2 Å². The molecule has 0 saturated heterocycles. The average Bonchev–Trinajstić information content (AvgIpc) is 3.15. The molecule has 6 nitrogen and oxygen atoms in total. The fourth-order valence-electron chi connectivity index (χ4n) is 4.17. The third-order valence-corrected chi connectivity index (χ3v) is 7.44. The van der Waals surface area contributed by atoms with E-state index in [-0.39, 0.29) is 16.7 Å². The molecule has 3 rings (SSSR count). The van der Waals surface area contributed by atoms with Crippen molar-refractivity contribution in [1.82, 2.24) is 4.72 Å². The molecule has 0 fully saturated rings. The smallest absolute Gasteiger partial charge is 0.241 e. The van der Waals surface area contributed by atoms with Gasteiger partial charge in [0.05, 0.1) is 12.0 Å². The Morgan fingerprint density at radius 3 is 2.48 bits per heavy atom. The van der Waals surface area contributed by atoms with Crippen molar-refractivity contribution in [2.24, 2.45) is 0 Å². The molecule has 168 valence electrons. The van der Waals surface area contributed by atoms with Gasteiger partial charge < -0.3 is 9.64 Å². The Morgan fingerprint density at radius 1 is 1.16 bits per heavy atom. The topological polar surface area (TPSA) is 75.7 Å². The standard InChI is InChI=1S/C24H32N2O4S/c1-7-24(27)26-11-10-18-13-19(8-9-22(18)26)31(28,29)25-17(5)21-14-20(15(2)3)23(30-6)12-16(21)4/h8-9,12-15,17,25H,7,10-11H2,1-6H3/t17-/m1/s1. The third-order valence-electron chi connectivity index (χ3n) is 5.90. The van der Waals surface area contributed by atoms with Gasteiger partial charge in [-0.25, -0.2) is 13.1 Å². The molecule has 0 saturated carbocycles. The molecule has 1 N–H and O–H groups in total. The number of amides is 1. The Morgan fingerprint density at radius 2 is 1.87 bits per heavy atom. The maximum atomic E-state index is 13.1. The van der Waals surface area contributed by atoms with Gasteiger partial charge in [-0.1, -0.05) is 20.8 Å². The van der Waals surface area contributed by atoms with Crippen LogP contribution in [0.15, 0.2) is 35.2 Å². The molecule has 1 aliphatic rings. The summed E-state index contributed by atoms with van der Waals surface area (Å²) in [5.41, 5.74) is 4.65. The SMILES string of the molecule is CCC(=O)N1CCc2cc(S(=O)(=O)N[C@H](C)c3cc(C(C)C)c(OC)cc3C)ccc21. The summed E-state index contributed by atoms with van der Waals surface area (Å²) in [7, 11) is -2.07. The van der Waals surface area contributed by atoms with Gasteiger partial charge in [0.25, 0.3) is 0 Å². The Balaban J connectivity index is 1.88. The number of nitrogens with one attached hydrogen (secondary N) is 1. The van der Waals surface area contributed by atoms with Crippen LogP contribution in [0.25, 0.3) is 0 Å². The molecule has 1 aliphatic heterocycles. The number of anilines is 1. The molecule has 1 heterocycles. The van der Waals surface area contributed by atoms with Crippen LogP contribution in [0.5, 0.6) is 5.75 Å². The van der Waals surface area contributed by atoms with Crippen molar-refractivity contribution in [3.8, 4) is 5.75 Å². The molecule has 0 unspecified atom stereocenters. The quantitative estimate of drug-likeness (QED) is 0.684. The number of carbonyl (C=O) groups is 1. The summed E-state index contributed by atoms with van der Waals surface area (Å²) >= 11 is 0. The second-order valence-corrected chi connectivity index (χ2v) is 10.1. The zero-order valence-electron chi connectivity index (χ0n) is 19.2. The van der Waals surface area contributed by atoms with Crippen LogP contribution >= 0.6 is 0 Å². The first-order valence-corrected chi connectivity index (χ1v) is 12.2. The molecule has 31 heavy (non-hydrogen) atoms. The van der Waals surface area contributed by atoms with E-state index in [1.807, 2.05) is 32.9 Å². The third kappa shape index (κ3) is 4.62. The van der Waals surface area contributed by atoms with Crippen LogP contribution in [0.2, 0.25) is 0 Å². The minimum absolute atomic E-state index is 0.0528. The molecule has 0 radical (unpaired) electrons. The van der Waals surface area contributed by atoms with Crippen molar-refractivity contribution in [3.63, 3.8) is 0 Å². The van der Waals surface area contributed by atoms with E-state index in [0.717, 1.165) is 33.7 Å². The number of rotatable bonds is 7. The molecular weight excluding hydrogens is 412 g/mol. The van der Waals surface area contributed by atoms with E-state index in [1.165, 1.54) is 0 Å². The number of fused-ring (bicyclic) bond motifs is 1. The molecule has 1 amide bonds. The van der Waals surface area contributed by atoms with E-state index in [9.17, 15) is 13.2 Å². The molecule has 0 bridgehead atoms. The second-order valence-electron chi connectivity index (χ2n) is 8.39. The van der Waals surface area contributed by atoms with Crippen molar-refractivity contribution in [2.75, 3.05) is 18.6 Å². The highest BCUT2D eigenvalue weighted by molar-refractivity contribution is 7.89.